The zero-order valence-corrected chi connectivity index (χ0v) is 14.4. The highest BCUT2D eigenvalue weighted by Gasteiger charge is 2.42. The Balaban J connectivity index is 1.70. The molecule has 2 aliphatic rings. The highest BCUT2D eigenvalue weighted by molar-refractivity contribution is 5.96. The molecule has 8 heteroatoms. The van der Waals surface area contributed by atoms with Crippen LogP contribution >= 0.6 is 0 Å². The van der Waals surface area contributed by atoms with Crippen molar-refractivity contribution in [3.63, 3.8) is 0 Å². The number of para-hydroxylation sites is 2. The van der Waals surface area contributed by atoms with E-state index in [0.29, 0.717) is 31.1 Å². The number of rotatable bonds is 3. The first-order chi connectivity index (χ1) is 12.0. The summed E-state index contributed by atoms with van der Waals surface area (Å²) in [6.45, 7) is 3.42. The molecule has 0 radical (unpaired) electrons. The van der Waals surface area contributed by atoms with Crippen LogP contribution < -0.4 is 10.1 Å². The van der Waals surface area contributed by atoms with Gasteiger partial charge in [-0.1, -0.05) is 12.1 Å². The van der Waals surface area contributed by atoms with E-state index in [9.17, 15) is 14.4 Å². The number of ether oxygens (including phenoxy) is 1. The molecule has 25 heavy (non-hydrogen) atoms. The average Bonchev–Trinajstić information content (AvgIpc) is 2.61. The van der Waals surface area contributed by atoms with Gasteiger partial charge in [-0.2, -0.15) is 0 Å². The fourth-order valence-electron chi connectivity index (χ4n) is 3.15. The largest absolute Gasteiger partial charge is 0.492 e. The molecular weight excluding hydrogens is 324 g/mol. The zero-order chi connectivity index (χ0) is 18.0. The van der Waals surface area contributed by atoms with E-state index < -0.39 is 6.04 Å². The van der Waals surface area contributed by atoms with Crippen molar-refractivity contribution < 1.29 is 19.1 Å². The normalized spacial score (nSPS) is 20.4. The predicted octanol–water partition coefficient (Wildman–Crippen LogP) is 0.602. The molecule has 1 aromatic carbocycles. The summed E-state index contributed by atoms with van der Waals surface area (Å²) in [5.74, 6) is 0.390. The summed E-state index contributed by atoms with van der Waals surface area (Å²) in [6.07, 6.45) is 0. The lowest BCUT2D eigenvalue weighted by Crippen LogP contribution is -2.67. The number of amides is 4. The zero-order valence-electron chi connectivity index (χ0n) is 14.4. The maximum atomic E-state index is 12.6. The Kier molecular flexibility index (Phi) is 4.78. The van der Waals surface area contributed by atoms with Crippen LogP contribution in [0.1, 0.15) is 6.92 Å². The van der Waals surface area contributed by atoms with E-state index in [2.05, 4.69) is 5.32 Å². The molecule has 2 fully saturated rings. The Labute approximate surface area is 146 Å². The topological polar surface area (TPSA) is 82.2 Å². The van der Waals surface area contributed by atoms with Crippen molar-refractivity contribution in [2.75, 3.05) is 45.2 Å². The van der Waals surface area contributed by atoms with E-state index in [1.807, 2.05) is 19.1 Å². The average molecular weight is 346 g/mol. The monoisotopic (exact) mass is 346 g/mol. The van der Waals surface area contributed by atoms with Gasteiger partial charge in [0.15, 0.2) is 0 Å². The molecule has 0 aromatic heterocycles. The Bertz CT molecular complexity index is 693. The van der Waals surface area contributed by atoms with Crippen molar-refractivity contribution in [1.29, 1.82) is 0 Å². The maximum Gasteiger partial charge on any atom is 0.322 e. The summed E-state index contributed by atoms with van der Waals surface area (Å²) in [6, 6.07) is 6.29. The lowest BCUT2D eigenvalue weighted by molar-refractivity contribution is -0.157. The number of nitrogens with zero attached hydrogens (tertiary/aromatic N) is 3. The first-order valence-electron chi connectivity index (χ1n) is 8.33. The molecule has 134 valence electrons. The standard InChI is InChI=1S/C17H22N4O4/c1-3-25-14-7-5-4-6-12(14)18-17(24)20-8-9-21-13(10-20)16(23)19(2)11-15(21)22/h4-7,13H,3,8-11H2,1-2H3,(H,18,24)/t13-/m1/s1. The molecular formula is C17H22N4O4. The molecule has 2 heterocycles. The number of nitrogens with one attached hydrogen (secondary N) is 1. The SMILES string of the molecule is CCOc1ccccc1NC(=O)N1CCN2C(=O)CN(C)C(=O)[C@H]2C1. The van der Waals surface area contributed by atoms with Gasteiger partial charge < -0.3 is 24.8 Å². The second kappa shape index (κ2) is 7.00. The fourth-order valence-corrected chi connectivity index (χ4v) is 3.15. The van der Waals surface area contributed by atoms with Gasteiger partial charge in [-0.15, -0.1) is 0 Å². The third kappa shape index (κ3) is 3.38. The molecule has 2 aliphatic heterocycles. The van der Waals surface area contributed by atoms with Crippen LogP contribution in [0, 0.1) is 0 Å². The van der Waals surface area contributed by atoms with E-state index in [0.717, 1.165) is 0 Å². The molecule has 1 aromatic rings. The van der Waals surface area contributed by atoms with Gasteiger partial charge in [-0.05, 0) is 19.1 Å². The van der Waals surface area contributed by atoms with Crippen molar-refractivity contribution in [3.05, 3.63) is 24.3 Å². The van der Waals surface area contributed by atoms with Gasteiger partial charge in [0, 0.05) is 20.1 Å². The van der Waals surface area contributed by atoms with E-state index in [-0.39, 0.29) is 30.9 Å². The number of anilines is 1. The van der Waals surface area contributed by atoms with Crippen molar-refractivity contribution in [2.45, 2.75) is 13.0 Å². The first kappa shape index (κ1) is 17.1. The Hall–Kier alpha value is -2.77. The van der Waals surface area contributed by atoms with Crippen LogP contribution in [0.25, 0.3) is 0 Å². The van der Waals surface area contributed by atoms with Crippen molar-refractivity contribution in [1.82, 2.24) is 14.7 Å². The second-order valence-corrected chi connectivity index (χ2v) is 6.10. The van der Waals surface area contributed by atoms with E-state index in [4.69, 9.17) is 4.74 Å². The molecule has 0 spiro atoms. The second-order valence-electron chi connectivity index (χ2n) is 6.10. The smallest absolute Gasteiger partial charge is 0.322 e. The summed E-state index contributed by atoms with van der Waals surface area (Å²) in [4.78, 5) is 41.5. The van der Waals surface area contributed by atoms with Crippen molar-refractivity contribution in [2.24, 2.45) is 0 Å². The molecule has 4 amide bonds. The number of carbonyl (C=O) groups excluding carboxylic acids is 3. The Morgan fingerprint density at radius 3 is 2.80 bits per heavy atom. The van der Waals surface area contributed by atoms with E-state index >= 15 is 0 Å². The summed E-state index contributed by atoms with van der Waals surface area (Å²) in [5, 5.41) is 2.83. The van der Waals surface area contributed by atoms with Gasteiger partial charge in [0.25, 0.3) is 0 Å². The van der Waals surface area contributed by atoms with E-state index in [1.165, 1.54) is 4.90 Å². The third-order valence-electron chi connectivity index (χ3n) is 4.45. The predicted molar refractivity (Wildman–Crippen MR) is 91.3 cm³/mol. The van der Waals surface area contributed by atoms with Crippen LogP contribution in [0.15, 0.2) is 24.3 Å². The van der Waals surface area contributed by atoms with Gasteiger partial charge in [0.2, 0.25) is 11.8 Å². The van der Waals surface area contributed by atoms with Crippen molar-refractivity contribution >= 4 is 23.5 Å². The lowest BCUT2D eigenvalue weighted by atomic mass is 10.1. The molecule has 2 saturated heterocycles. The summed E-state index contributed by atoms with van der Waals surface area (Å²) < 4.78 is 5.51. The highest BCUT2D eigenvalue weighted by atomic mass is 16.5. The van der Waals surface area contributed by atoms with Crippen LogP contribution in [0.5, 0.6) is 5.75 Å². The number of hydrogen-bond acceptors (Lipinski definition) is 4. The van der Waals surface area contributed by atoms with Gasteiger partial charge in [-0.3, -0.25) is 9.59 Å². The van der Waals surface area contributed by atoms with Gasteiger partial charge in [0.05, 0.1) is 25.4 Å². The quantitative estimate of drug-likeness (QED) is 0.869. The number of piperazine rings is 2. The first-order valence-corrected chi connectivity index (χ1v) is 8.33. The number of benzene rings is 1. The van der Waals surface area contributed by atoms with Crippen LogP contribution in [0.3, 0.4) is 0 Å². The van der Waals surface area contributed by atoms with Crippen LogP contribution in [-0.2, 0) is 9.59 Å². The Morgan fingerprint density at radius 1 is 1.28 bits per heavy atom. The maximum absolute atomic E-state index is 12.6. The molecule has 1 atom stereocenters. The molecule has 0 saturated carbocycles. The third-order valence-corrected chi connectivity index (χ3v) is 4.45. The number of urea groups is 1. The number of carbonyl (C=O) groups is 3. The molecule has 1 N–H and O–H groups in total. The molecule has 0 bridgehead atoms. The van der Waals surface area contributed by atoms with Crippen LogP contribution in [-0.4, -0.2) is 78.4 Å². The molecule has 0 aliphatic carbocycles. The minimum Gasteiger partial charge on any atom is -0.492 e. The highest BCUT2D eigenvalue weighted by Crippen LogP contribution is 2.25. The molecule has 8 nitrogen and oxygen atoms in total. The fraction of sp³-hybridized carbons (Fsp3) is 0.471. The van der Waals surface area contributed by atoms with Crippen LogP contribution in [0.2, 0.25) is 0 Å². The molecule has 3 rings (SSSR count). The van der Waals surface area contributed by atoms with Crippen LogP contribution in [0.4, 0.5) is 10.5 Å². The summed E-state index contributed by atoms with van der Waals surface area (Å²) in [7, 11) is 1.61. The lowest BCUT2D eigenvalue weighted by Gasteiger charge is -2.45. The number of hydrogen-bond donors (Lipinski definition) is 1. The van der Waals surface area contributed by atoms with E-state index in [1.54, 1.807) is 29.0 Å². The Morgan fingerprint density at radius 2 is 2.04 bits per heavy atom. The van der Waals surface area contributed by atoms with Gasteiger partial charge in [0.1, 0.15) is 11.8 Å². The van der Waals surface area contributed by atoms with Gasteiger partial charge in [-0.25, -0.2) is 4.79 Å². The number of fused-ring (bicyclic) bond motifs is 1. The summed E-state index contributed by atoms with van der Waals surface area (Å²) in [5.41, 5.74) is 0.583. The minimum atomic E-state index is -0.604. The van der Waals surface area contributed by atoms with Gasteiger partial charge >= 0.3 is 6.03 Å². The molecule has 0 unspecified atom stereocenters. The summed E-state index contributed by atoms with van der Waals surface area (Å²) >= 11 is 0. The number of likely N-dealkylation sites (N-methyl/N-ethyl adjacent to an activating group) is 1. The van der Waals surface area contributed by atoms with Crippen molar-refractivity contribution in [3.8, 4) is 5.75 Å². The minimum absolute atomic E-state index is 0.0751.